The summed E-state index contributed by atoms with van der Waals surface area (Å²) in [5.41, 5.74) is 5.48. The second kappa shape index (κ2) is 5.77. The van der Waals surface area contributed by atoms with Gasteiger partial charge in [-0.2, -0.15) is 0 Å². The zero-order chi connectivity index (χ0) is 15.5. The van der Waals surface area contributed by atoms with Gasteiger partial charge in [-0.1, -0.05) is 12.1 Å². The van der Waals surface area contributed by atoms with E-state index in [9.17, 15) is 9.59 Å². The second-order valence-electron chi connectivity index (χ2n) is 4.67. The van der Waals surface area contributed by atoms with Crippen molar-refractivity contribution >= 4 is 11.9 Å². The Balaban J connectivity index is 1.66. The van der Waals surface area contributed by atoms with E-state index in [0.717, 1.165) is 0 Å². The van der Waals surface area contributed by atoms with Gasteiger partial charge in [-0.3, -0.25) is 4.79 Å². The maximum atomic E-state index is 12.1. The Morgan fingerprint density at radius 3 is 2.41 bits per heavy atom. The smallest absolute Gasteiger partial charge is 0.356 e. The lowest BCUT2D eigenvalue weighted by Crippen LogP contribution is -2.39. The number of amides is 1. The monoisotopic (exact) mass is 299 g/mol. The van der Waals surface area contributed by atoms with Crippen molar-refractivity contribution in [2.75, 3.05) is 6.61 Å². The van der Waals surface area contributed by atoms with Gasteiger partial charge < -0.3 is 19.9 Å². The molecule has 0 aliphatic carbocycles. The maximum Gasteiger partial charge on any atom is 0.356 e. The van der Waals surface area contributed by atoms with Crippen molar-refractivity contribution in [1.82, 2.24) is 0 Å². The molecule has 2 aromatic rings. The van der Waals surface area contributed by atoms with Gasteiger partial charge in [0.15, 0.2) is 11.5 Å². The summed E-state index contributed by atoms with van der Waals surface area (Å²) in [6.45, 7) is 0.0786. The molecule has 0 bridgehead atoms. The van der Waals surface area contributed by atoms with Crippen molar-refractivity contribution in [2.45, 2.75) is 6.10 Å². The summed E-state index contributed by atoms with van der Waals surface area (Å²) in [4.78, 5) is 23.1. The van der Waals surface area contributed by atoms with E-state index in [1.807, 2.05) is 6.07 Å². The maximum absolute atomic E-state index is 12.1. The Labute approximate surface area is 126 Å². The van der Waals surface area contributed by atoms with E-state index in [1.165, 1.54) is 24.3 Å². The number of rotatable bonds is 3. The number of carbonyl (C=O) groups excluding carboxylic acids is 2. The minimum atomic E-state index is -0.842. The number of hydrogen-bond acceptors (Lipinski definition) is 5. The van der Waals surface area contributed by atoms with E-state index in [4.69, 9.17) is 19.9 Å². The summed E-state index contributed by atoms with van der Waals surface area (Å²) < 4.78 is 16.2. The standard InChI is InChI=1S/C16H13NO5/c17-15(18)10-5-7-11(8-6-10)21-16(19)14-9-20-12-3-1-2-4-13(12)22-14/h1-8,14H,9H2,(H2,17,18)/t14-/m0/s1. The molecule has 112 valence electrons. The summed E-state index contributed by atoms with van der Waals surface area (Å²) in [6, 6.07) is 13.1. The molecule has 0 spiro atoms. The average Bonchev–Trinajstić information content (AvgIpc) is 2.55. The van der Waals surface area contributed by atoms with Crippen molar-refractivity contribution < 1.29 is 23.8 Å². The Morgan fingerprint density at radius 2 is 1.73 bits per heavy atom. The molecule has 1 atom stereocenters. The molecule has 0 saturated heterocycles. The lowest BCUT2D eigenvalue weighted by molar-refractivity contribution is -0.144. The number of fused-ring (bicyclic) bond motifs is 1. The molecule has 0 saturated carbocycles. The quantitative estimate of drug-likeness (QED) is 0.686. The third-order valence-electron chi connectivity index (χ3n) is 3.13. The van der Waals surface area contributed by atoms with Crippen molar-refractivity contribution in [3.05, 3.63) is 54.1 Å². The third kappa shape index (κ3) is 2.85. The van der Waals surface area contributed by atoms with Crippen LogP contribution in [0.15, 0.2) is 48.5 Å². The molecule has 2 N–H and O–H groups in total. The number of esters is 1. The molecule has 1 aliphatic heterocycles. The molecule has 1 amide bonds. The van der Waals surface area contributed by atoms with E-state index in [2.05, 4.69) is 0 Å². The van der Waals surface area contributed by atoms with Crippen LogP contribution in [0, 0.1) is 0 Å². The van der Waals surface area contributed by atoms with Gasteiger partial charge in [0.1, 0.15) is 12.4 Å². The number of carbonyl (C=O) groups is 2. The van der Waals surface area contributed by atoms with Crippen LogP contribution in [0.3, 0.4) is 0 Å². The second-order valence-corrected chi connectivity index (χ2v) is 4.67. The van der Waals surface area contributed by atoms with Crippen LogP contribution < -0.4 is 19.9 Å². The zero-order valence-electron chi connectivity index (χ0n) is 11.5. The molecule has 22 heavy (non-hydrogen) atoms. The van der Waals surface area contributed by atoms with Gasteiger partial charge in [-0.25, -0.2) is 4.79 Å². The molecule has 0 fully saturated rings. The van der Waals surface area contributed by atoms with Crippen LogP contribution in [0.2, 0.25) is 0 Å². The Bertz CT molecular complexity index is 711. The van der Waals surface area contributed by atoms with Gasteiger partial charge in [0, 0.05) is 5.56 Å². The minimum Gasteiger partial charge on any atom is -0.485 e. The Hall–Kier alpha value is -3.02. The average molecular weight is 299 g/mol. The van der Waals surface area contributed by atoms with E-state index >= 15 is 0 Å². The van der Waals surface area contributed by atoms with Crippen LogP contribution in [0.25, 0.3) is 0 Å². The molecular weight excluding hydrogens is 286 g/mol. The number of ether oxygens (including phenoxy) is 3. The molecular formula is C16H13NO5. The van der Waals surface area contributed by atoms with Crippen LogP contribution in [-0.2, 0) is 4.79 Å². The predicted octanol–water partition coefficient (Wildman–Crippen LogP) is 1.53. The molecule has 2 aromatic carbocycles. The Morgan fingerprint density at radius 1 is 1.05 bits per heavy atom. The molecule has 0 radical (unpaired) electrons. The van der Waals surface area contributed by atoms with Crippen molar-refractivity contribution in [3.8, 4) is 17.2 Å². The largest absolute Gasteiger partial charge is 0.485 e. The zero-order valence-corrected chi connectivity index (χ0v) is 11.5. The van der Waals surface area contributed by atoms with Crippen LogP contribution in [0.5, 0.6) is 17.2 Å². The van der Waals surface area contributed by atoms with Crippen LogP contribution in [-0.4, -0.2) is 24.6 Å². The van der Waals surface area contributed by atoms with E-state index in [0.29, 0.717) is 22.8 Å². The third-order valence-corrected chi connectivity index (χ3v) is 3.13. The lowest BCUT2D eigenvalue weighted by Gasteiger charge is -2.24. The fourth-order valence-electron chi connectivity index (χ4n) is 2.00. The highest BCUT2D eigenvalue weighted by molar-refractivity contribution is 5.92. The highest BCUT2D eigenvalue weighted by atomic mass is 16.6. The van der Waals surface area contributed by atoms with Gasteiger partial charge in [-0.15, -0.1) is 0 Å². The van der Waals surface area contributed by atoms with Crippen LogP contribution in [0.4, 0.5) is 0 Å². The first-order chi connectivity index (χ1) is 10.6. The first kappa shape index (κ1) is 13.9. The fraction of sp³-hybridized carbons (Fsp3) is 0.125. The predicted molar refractivity (Wildman–Crippen MR) is 76.9 cm³/mol. The number of primary amides is 1. The van der Waals surface area contributed by atoms with Gasteiger partial charge in [0.05, 0.1) is 0 Å². The molecule has 1 heterocycles. The number of para-hydroxylation sites is 2. The molecule has 6 nitrogen and oxygen atoms in total. The van der Waals surface area contributed by atoms with Gasteiger partial charge in [0.25, 0.3) is 0 Å². The highest BCUT2D eigenvalue weighted by Crippen LogP contribution is 2.31. The summed E-state index contributed by atoms with van der Waals surface area (Å²) >= 11 is 0. The summed E-state index contributed by atoms with van der Waals surface area (Å²) in [5.74, 6) is 0.287. The molecule has 6 heteroatoms. The molecule has 3 rings (SSSR count). The first-order valence-corrected chi connectivity index (χ1v) is 6.63. The number of benzene rings is 2. The topological polar surface area (TPSA) is 87.9 Å². The minimum absolute atomic E-state index is 0.0786. The van der Waals surface area contributed by atoms with Crippen LogP contribution in [0.1, 0.15) is 10.4 Å². The SMILES string of the molecule is NC(=O)c1ccc(OC(=O)[C@@H]2COc3ccccc3O2)cc1. The van der Waals surface area contributed by atoms with E-state index in [-0.39, 0.29) is 6.61 Å². The number of hydrogen-bond donors (Lipinski definition) is 1. The Kier molecular flexibility index (Phi) is 3.65. The highest BCUT2D eigenvalue weighted by Gasteiger charge is 2.29. The van der Waals surface area contributed by atoms with Crippen molar-refractivity contribution in [1.29, 1.82) is 0 Å². The lowest BCUT2D eigenvalue weighted by atomic mass is 10.2. The van der Waals surface area contributed by atoms with Crippen molar-refractivity contribution in [3.63, 3.8) is 0 Å². The van der Waals surface area contributed by atoms with Gasteiger partial charge in [0.2, 0.25) is 12.0 Å². The molecule has 1 aliphatic rings. The van der Waals surface area contributed by atoms with E-state index in [1.54, 1.807) is 18.2 Å². The van der Waals surface area contributed by atoms with Crippen molar-refractivity contribution in [2.24, 2.45) is 5.73 Å². The number of nitrogens with two attached hydrogens (primary N) is 1. The van der Waals surface area contributed by atoms with Gasteiger partial charge in [-0.05, 0) is 36.4 Å². The van der Waals surface area contributed by atoms with E-state index < -0.39 is 18.0 Å². The fourth-order valence-corrected chi connectivity index (χ4v) is 2.00. The van der Waals surface area contributed by atoms with Gasteiger partial charge >= 0.3 is 5.97 Å². The summed E-state index contributed by atoms with van der Waals surface area (Å²) in [6.07, 6.45) is -0.842. The van der Waals surface area contributed by atoms with Crippen LogP contribution >= 0.6 is 0 Å². The summed E-state index contributed by atoms with van der Waals surface area (Å²) in [5, 5.41) is 0. The molecule has 0 unspecified atom stereocenters. The normalized spacial score (nSPS) is 15.9. The summed E-state index contributed by atoms with van der Waals surface area (Å²) in [7, 11) is 0. The molecule has 0 aromatic heterocycles. The first-order valence-electron chi connectivity index (χ1n) is 6.63.